The lowest BCUT2D eigenvalue weighted by molar-refractivity contribution is -0.121. The summed E-state index contributed by atoms with van der Waals surface area (Å²) in [6.07, 6.45) is 3.44. The van der Waals surface area contributed by atoms with Gasteiger partial charge in [-0.1, -0.05) is 12.1 Å². The summed E-state index contributed by atoms with van der Waals surface area (Å²) in [7, 11) is 1.69. The van der Waals surface area contributed by atoms with E-state index in [1.54, 1.807) is 7.11 Å². The van der Waals surface area contributed by atoms with Crippen LogP contribution < -0.4 is 10.1 Å². The van der Waals surface area contributed by atoms with Crippen LogP contribution >= 0.6 is 11.6 Å². The van der Waals surface area contributed by atoms with Gasteiger partial charge in [0.1, 0.15) is 5.75 Å². The zero-order valence-corrected chi connectivity index (χ0v) is 11.3. The lowest BCUT2D eigenvalue weighted by Crippen LogP contribution is -2.31. The van der Waals surface area contributed by atoms with Crippen molar-refractivity contribution in [3.8, 4) is 5.75 Å². The Labute approximate surface area is 112 Å². The lowest BCUT2D eigenvalue weighted by atomic mass is 9.87. The molecule has 1 aromatic rings. The largest absolute Gasteiger partial charge is 0.496 e. The Bertz CT molecular complexity index is 434. The Balaban J connectivity index is 2.20. The van der Waals surface area contributed by atoms with E-state index in [9.17, 15) is 4.79 Å². The number of nitrogens with one attached hydrogen (secondary N) is 1. The van der Waals surface area contributed by atoms with Gasteiger partial charge in [0.05, 0.1) is 13.2 Å². The molecule has 0 aromatic heterocycles. The number of amides is 1. The lowest BCUT2D eigenvalue weighted by Gasteiger charge is -2.27. The average molecular weight is 268 g/mol. The molecule has 3 nitrogen and oxygen atoms in total. The van der Waals surface area contributed by atoms with Crippen molar-refractivity contribution >= 4 is 17.5 Å². The van der Waals surface area contributed by atoms with E-state index in [2.05, 4.69) is 11.4 Å². The molecule has 1 aromatic carbocycles. The number of carbonyl (C=O) groups excluding carboxylic acids is 1. The Morgan fingerprint density at radius 1 is 1.56 bits per heavy atom. The highest BCUT2D eigenvalue weighted by atomic mass is 35.5. The first-order chi connectivity index (χ1) is 8.76. The first-order valence-electron chi connectivity index (χ1n) is 6.27. The quantitative estimate of drug-likeness (QED) is 0.852. The standard InChI is InChI=1S/C14H18ClNO2/c1-18-13-7-3-4-10-11(13)5-2-6-12(10)16-14(17)8-9-15/h3-4,7,12H,2,5-6,8-9H2,1H3,(H,16,17)/t12-/m1/s1. The van der Waals surface area contributed by atoms with Gasteiger partial charge in [0.15, 0.2) is 0 Å². The molecule has 0 fully saturated rings. The van der Waals surface area contributed by atoms with Gasteiger partial charge in [0.25, 0.3) is 0 Å². The van der Waals surface area contributed by atoms with Crippen molar-refractivity contribution in [2.45, 2.75) is 31.7 Å². The summed E-state index contributed by atoms with van der Waals surface area (Å²) in [5.41, 5.74) is 2.41. The molecule has 1 amide bonds. The summed E-state index contributed by atoms with van der Waals surface area (Å²) in [6.45, 7) is 0. The molecule has 0 saturated carbocycles. The summed E-state index contributed by atoms with van der Waals surface area (Å²) in [5.74, 6) is 1.30. The predicted octanol–water partition coefficient (Wildman–Crippen LogP) is 2.82. The van der Waals surface area contributed by atoms with Gasteiger partial charge in [-0.2, -0.15) is 0 Å². The van der Waals surface area contributed by atoms with E-state index in [4.69, 9.17) is 16.3 Å². The number of halogens is 1. The van der Waals surface area contributed by atoms with Crippen LogP contribution in [0.15, 0.2) is 18.2 Å². The van der Waals surface area contributed by atoms with E-state index < -0.39 is 0 Å². The predicted molar refractivity (Wildman–Crippen MR) is 72.2 cm³/mol. The maximum absolute atomic E-state index is 11.6. The highest BCUT2D eigenvalue weighted by Crippen LogP contribution is 2.35. The Kier molecular flexibility index (Phi) is 4.48. The normalized spacial score (nSPS) is 18.0. The van der Waals surface area contributed by atoms with E-state index in [-0.39, 0.29) is 11.9 Å². The fourth-order valence-corrected chi connectivity index (χ4v) is 2.68. The monoisotopic (exact) mass is 267 g/mol. The first kappa shape index (κ1) is 13.2. The fraction of sp³-hybridized carbons (Fsp3) is 0.500. The first-order valence-corrected chi connectivity index (χ1v) is 6.81. The molecule has 0 aliphatic heterocycles. The summed E-state index contributed by atoms with van der Waals surface area (Å²) in [4.78, 5) is 11.6. The van der Waals surface area contributed by atoms with E-state index in [1.807, 2.05) is 12.1 Å². The molecule has 0 unspecified atom stereocenters. The molecular formula is C14H18ClNO2. The highest BCUT2D eigenvalue weighted by molar-refractivity contribution is 6.18. The van der Waals surface area contributed by atoms with Crippen LogP contribution in [0, 0.1) is 0 Å². The van der Waals surface area contributed by atoms with Gasteiger partial charge in [-0.25, -0.2) is 0 Å². The smallest absolute Gasteiger partial charge is 0.221 e. The van der Waals surface area contributed by atoms with Gasteiger partial charge in [0, 0.05) is 12.3 Å². The Hall–Kier alpha value is -1.22. The van der Waals surface area contributed by atoms with Crippen LogP contribution in [0.4, 0.5) is 0 Å². The third-order valence-corrected chi connectivity index (χ3v) is 3.53. The molecule has 2 rings (SSSR count). The molecule has 18 heavy (non-hydrogen) atoms. The van der Waals surface area contributed by atoms with Crippen molar-refractivity contribution in [1.82, 2.24) is 5.32 Å². The number of carbonyl (C=O) groups is 1. The number of fused-ring (bicyclic) bond motifs is 1. The van der Waals surface area contributed by atoms with Gasteiger partial charge < -0.3 is 10.1 Å². The molecule has 1 aliphatic carbocycles. The maximum atomic E-state index is 11.6. The van der Waals surface area contributed by atoms with Crippen molar-refractivity contribution in [1.29, 1.82) is 0 Å². The number of methoxy groups -OCH3 is 1. The van der Waals surface area contributed by atoms with Crippen molar-refractivity contribution < 1.29 is 9.53 Å². The topological polar surface area (TPSA) is 38.3 Å². The van der Waals surface area contributed by atoms with Crippen LogP contribution in [0.5, 0.6) is 5.75 Å². The van der Waals surface area contributed by atoms with Crippen LogP contribution in [0.2, 0.25) is 0 Å². The molecule has 0 radical (unpaired) electrons. The Morgan fingerprint density at radius 3 is 3.11 bits per heavy atom. The molecule has 0 bridgehead atoms. The number of hydrogen-bond donors (Lipinski definition) is 1. The molecule has 1 aliphatic rings. The van der Waals surface area contributed by atoms with Gasteiger partial charge >= 0.3 is 0 Å². The second-order valence-electron chi connectivity index (χ2n) is 4.48. The minimum absolute atomic E-state index is 0.0191. The molecule has 4 heteroatoms. The van der Waals surface area contributed by atoms with Crippen molar-refractivity contribution in [2.75, 3.05) is 13.0 Å². The summed E-state index contributed by atoms with van der Waals surface area (Å²) >= 11 is 5.58. The van der Waals surface area contributed by atoms with E-state index in [1.165, 1.54) is 11.1 Å². The van der Waals surface area contributed by atoms with Gasteiger partial charge in [-0.3, -0.25) is 4.79 Å². The van der Waals surface area contributed by atoms with Crippen LogP contribution in [0.25, 0.3) is 0 Å². The van der Waals surface area contributed by atoms with E-state index in [0.29, 0.717) is 12.3 Å². The zero-order chi connectivity index (χ0) is 13.0. The number of benzene rings is 1. The second kappa shape index (κ2) is 6.10. The molecule has 1 atom stereocenters. The molecule has 0 spiro atoms. The summed E-state index contributed by atoms with van der Waals surface area (Å²) in [5, 5.41) is 3.05. The van der Waals surface area contributed by atoms with E-state index in [0.717, 1.165) is 25.0 Å². The third-order valence-electron chi connectivity index (χ3n) is 3.34. The molecule has 1 N–H and O–H groups in total. The van der Waals surface area contributed by atoms with Gasteiger partial charge in [-0.15, -0.1) is 11.6 Å². The zero-order valence-electron chi connectivity index (χ0n) is 10.5. The van der Waals surface area contributed by atoms with Gasteiger partial charge in [0.2, 0.25) is 5.91 Å². The van der Waals surface area contributed by atoms with Crippen molar-refractivity contribution in [3.05, 3.63) is 29.3 Å². The number of alkyl halides is 1. The number of rotatable bonds is 4. The van der Waals surface area contributed by atoms with E-state index >= 15 is 0 Å². The number of hydrogen-bond acceptors (Lipinski definition) is 2. The minimum Gasteiger partial charge on any atom is -0.496 e. The van der Waals surface area contributed by atoms with Crippen LogP contribution in [-0.2, 0) is 11.2 Å². The van der Waals surface area contributed by atoms with Crippen molar-refractivity contribution in [2.24, 2.45) is 0 Å². The molecule has 98 valence electrons. The van der Waals surface area contributed by atoms with Crippen molar-refractivity contribution in [3.63, 3.8) is 0 Å². The van der Waals surface area contributed by atoms with Gasteiger partial charge in [-0.05, 0) is 36.5 Å². The maximum Gasteiger partial charge on any atom is 0.221 e. The van der Waals surface area contributed by atoms with Crippen LogP contribution in [-0.4, -0.2) is 18.9 Å². The minimum atomic E-state index is 0.0191. The Morgan fingerprint density at radius 2 is 2.39 bits per heavy atom. The summed E-state index contributed by atoms with van der Waals surface area (Å²) in [6, 6.07) is 6.12. The SMILES string of the molecule is COc1cccc2c1CCC[C@H]2NC(=O)CCCl. The summed E-state index contributed by atoms with van der Waals surface area (Å²) < 4.78 is 5.38. The highest BCUT2D eigenvalue weighted by Gasteiger charge is 2.23. The number of ether oxygens (including phenoxy) is 1. The molecule has 0 saturated heterocycles. The van der Waals surface area contributed by atoms with Crippen LogP contribution in [0.1, 0.15) is 36.4 Å². The molecule has 0 heterocycles. The average Bonchev–Trinajstić information content (AvgIpc) is 2.38. The second-order valence-corrected chi connectivity index (χ2v) is 4.86. The third kappa shape index (κ3) is 2.78. The fourth-order valence-electron chi connectivity index (χ4n) is 2.51. The van der Waals surface area contributed by atoms with Crippen LogP contribution in [0.3, 0.4) is 0 Å². The molecular weight excluding hydrogens is 250 g/mol.